The average molecular weight is 449 g/mol. The third-order valence-corrected chi connectivity index (χ3v) is 6.70. The molecule has 176 valence electrons. The largest absolute Gasteiger partial charge is 0.483 e. The van der Waals surface area contributed by atoms with Crippen molar-refractivity contribution in [2.45, 2.75) is 58.6 Å². The average Bonchev–Trinajstić information content (AvgIpc) is 3.34. The van der Waals surface area contributed by atoms with Crippen molar-refractivity contribution >= 4 is 18.3 Å². The first-order valence-corrected chi connectivity index (χ1v) is 11.1. The maximum atomic E-state index is 12.8. The predicted octanol–water partition coefficient (Wildman–Crippen LogP) is 0.581. The number of hydrogen-bond donors (Lipinski definition) is 1. The van der Waals surface area contributed by atoms with Crippen LogP contribution >= 0.6 is 0 Å². The molecule has 10 nitrogen and oxygen atoms in total. The number of esters is 1. The van der Waals surface area contributed by atoms with Crippen LogP contribution in [0.5, 0.6) is 0 Å². The Balaban J connectivity index is 0.000000913. The van der Waals surface area contributed by atoms with E-state index in [2.05, 4.69) is 9.88 Å². The fraction of sp³-hybridized carbons (Fsp3) is 0.682. The molecule has 0 saturated carbocycles. The molecule has 1 unspecified atom stereocenters. The summed E-state index contributed by atoms with van der Waals surface area (Å²) in [7, 11) is 0. The van der Waals surface area contributed by atoms with Gasteiger partial charge in [-0.25, -0.2) is 4.79 Å². The van der Waals surface area contributed by atoms with E-state index in [-0.39, 0.29) is 31.0 Å². The van der Waals surface area contributed by atoms with Crippen molar-refractivity contribution in [2.75, 3.05) is 32.7 Å². The van der Waals surface area contributed by atoms with Gasteiger partial charge in [0.25, 0.3) is 6.47 Å². The number of hydrogen-bond acceptors (Lipinski definition) is 7. The van der Waals surface area contributed by atoms with Crippen molar-refractivity contribution in [2.24, 2.45) is 5.41 Å². The van der Waals surface area contributed by atoms with Crippen molar-refractivity contribution in [1.29, 1.82) is 0 Å². The van der Waals surface area contributed by atoms with Crippen molar-refractivity contribution in [3.63, 3.8) is 0 Å². The van der Waals surface area contributed by atoms with Gasteiger partial charge in [0.1, 0.15) is 12.6 Å². The van der Waals surface area contributed by atoms with E-state index in [1.54, 1.807) is 17.9 Å². The van der Waals surface area contributed by atoms with Crippen LogP contribution in [-0.4, -0.2) is 81.6 Å². The van der Waals surface area contributed by atoms with Gasteiger partial charge in [-0.2, -0.15) is 4.98 Å². The van der Waals surface area contributed by atoms with Crippen LogP contribution in [0.4, 0.5) is 0 Å². The van der Waals surface area contributed by atoms with Crippen LogP contribution in [0.15, 0.2) is 10.9 Å². The number of aryl methyl sites for hydroxylation is 2. The van der Waals surface area contributed by atoms with Gasteiger partial charge in [-0.05, 0) is 58.7 Å². The molecular formula is C22H32N4O6. The zero-order chi connectivity index (χ0) is 23.3. The fourth-order valence-electron chi connectivity index (χ4n) is 4.99. The Kier molecular flexibility index (Phi) is 7.65. The first-order valence-electron chi connectivity index (χ1n) is 11.1. The van der Waals surface area contributed by atoms with Crippen LogP contribution < -0.4 is 5.69 Å². The Labute approximate surface area is 187 Å². The van der Waals surface area contributed by atoms with Gasteiger partial charge in [-0.15, -0.1) is 0 Å². The maximum Gasteiger partial charge on any atom is 0.348 e. The lowest BCUT2D eigenvalue weighted by Crippen LogP contribution is -2.47. The lowest BCUT2D eigenvalue weighted by Gasteiger charge is -2.36. The summed E-state index contributed by atoms with van der Waals surface area (Å²) in [6.45, 7) is 7.39. The number of carbonyl (C=O) groups is 3. The molecule has 3 aliphatic heterocycles. The topological polar surface area (TPSA) is 122 Å². The van der Waals surface area contributed by atoms with E-state index in [1.807, 2.05) is 6.92 Å². The number of piperidine rings is 1. The second-order valence-electron chi connectivity index (χ2n) is 8.91. The molecule has 10 heteroatoms. The highest BCUT2D eigenvalue weighted by Crippen LogP contribution is 2.43. The van der Waals surface area contributed by atoms with E-state index >= 15 is 0 Å². The molecule has 1 spiro atoms. The van der Waals surface area contributed by atoms with E-state index in [9.17, 15) is 14.4 Å². The van der Waals surface area contributed by atoms with Crippen LogP contribution in [0.2, 0.25) is 0 Å². The van der Waals surface area contributed by atoms with E-state index in [1.165, 1.54) is 17.4 Å². The fourth-order valence-corrected chi connectivity index (χ4v) is 4.99. The lowest BCUT2D eigenvalue weighted by molar-refractivity contribution is -0.153. The Morgan fingerprint density at radius 2 is 1.84 bits per heavy atom. The Bertz CT molecular complexity index is 900. The number of cyclic esters (lactones) is 1. The summed E-state index contributed by atoms with van der Waals surface area (Å²) in [4.78, 5) is 53.9. The third kappa shape index (κ3) is 5.35. The van der Waals surface area contributed by atoms with Gasteiger partial charge < -0.3 is 14.7 Å². The minimum atomic E-state index is -0.445. The standard InChI is InChI=1S/C21H30N4O4.CH2O2/c1-15-11-16(2)25(20(28)22-15)14-18(26)24-9-5-21(6-10-24)12-17(29-19(21)27)13-23-7-3-4-8-23;2-1-3/h11,17H,3-10,12-14H2,1-2H3;1H,(H,2,3). The molecule has 4 heterocycles. The third-order valence-electron chi connectivity index (χ3n) is 6.70. The molecule has 1 aromatic rings. The first-order chi connectivity index (χ1) is 15.3. The maximum absolute atomic E-state index is 12.8. The first kappa shape index (κ1) is 23.9. The van der Waals surface area contributed by atoms with Crippen molar-refractivity contribution in [3.8, 4) is 0 Å². The minimum Gasteiger partial charge on any atom is -0.483 e. The van der Waals surface area contributed by atoms with Gasteiger partial charge in [0.2, 0.25) is 5.91 Å². The van der Waals surface area contributed by atoms with Crippen LogP contribution in [0.3, 0.4) is 0 Å². The van der Waals surface area contributed by atoms with E-state index in [0.29, 0.717) is 31.6 Å². The number of rotatable bonds is 4. The number of amides is 1. The Morgan fingerprint density at radius 1 is 1.22 bits per heavy atom. The van der Waals surface area contributed by atoms with Gasteiger partial charge in [0, 0.05) is 37.4 Å². The molecule has 4 rings (SSSR count). The number of ether oxygens (including phenoxy) is 1. The molecule has 0 bridgehead atoms. The Morgan fingerprint density at radius 3 is 2.44 bits per heavy atom. The molecule has 1 amide bonds. The predicted molar refractivity (Wildman–Crippen MR) is 115 cm³/mol. The van der Waals surface area contributed by atoms with Gasteiger partial charge in [-0.3, -0.25) is 23.9 Å². The lowest BCUT2D eigenvalue weighted by atomic mass is 9.76. The number of carbonyl (C=O) groups excluding carboxylic acids is 2. The summed E-state index contributed by atoms with van der Waals surface area (Å²) in [6, 6.07) is 1.80. The molecule has 0 radical (unpaired) electrons. The number of nitrogens with zero attached hydrogens (tertiary/aromatic N) is 4. The summed E-state index contributed by atoms with van der Waals surface area (Å²) in [5.74, 6) is -0.195. The van der Waals surface area contributed by atoms with Gasteiger partial charge in [-0.1, -0.05) is 0 Å². The highest BCUT2D eigenvalue weighted by Gasteiger charge is 2.51. The smallest absolute Gasteiger partial charge is 0.348 e. The summed E-state index contributed by atoms with van der Waals surface area (Å²) >= 11 is 0. The number of carboxylic acid groups (broad SMARTS) is 1. The Hall–Kier alpha value is -2.75. The summed E-state index contributed by atoms with van der Waals surface area (Å²) in [5, 5.41) is 6.89. The molecule has 32 heavy (non-hydrogen) atoms. The van der Waals surface area contributed by atoms with Gasteiger partial charge in [0.15, 0.2) is 0 Å². The molecule has 3 fully saturated rings. The summed E-state index contributed by atoms with van der Waals surface area (Å²) in [5.41, 5.74) is 0.542. The molecule has 0 aliphatic carbocycles. The second-order valence-corrected chi connectivity index (χ2v) is 8.91. The van der Waals surface area contributed by atoms with Gasteiger partial charge >= 0.3 is 11.7 Å². The van der Waals surface area contributed by atoms with Gasteiger partial charge in [0.05, 0.1) is 5.41 Å². The highest BCUT2D eigenvalue weighted by molar-refractivity contribution is 5.80. The SMILES string of the molecule is Cc1cc(C)n(CC(=O)N2CCC3(CC2)CC(CN2CCCC2)OC3=O)c(=O)n1.O=CO. The molecular weight excluding hydrogens is 416 g/mol. The zero-order valence-electron chi connectivity index (χ0n) is 18.8. The van der Waals surface area contributed by atoms with Crippen LogP contribution in [0, 0.1) is 19.3 Å². The molecule has 1 atom stereocenters. The van der Waals surface area contributed by atoms with Crippen molar-refractivity contribution < 1.29 is 24.2 Å². The van der Waals surface area contributed by atoms with Crippen molar-refractivity contribution in [1.82, 2.24) is 19.4 Å². The molecule has 0 aromatic carbocycles. The van der Waals surface area contributed by atoms with E-state index in [4.69, 9.17) is 14.6 Å². The van der Waals surface area contributed by atoms with Crippen LogP contribution in [-0.2, 0) is 25.7 Å². The molecule has 1 N–H and O–H groups in total. The minimum absolute atomic E-state index is 0.00697. The molecule has 3 aliphatic rings. The molecule has 1 aromatic heterocycles. The van der Waals surface area contributed by atoms with E-state index in [0.717, 1.165) is 31.7 Å². The monoisotopic (exact) mass is 448 g/mol. The van der Waals surface area contributed by atoms with Crippen LogP contribution in [0.25, 0.3) is 0 Å². The number of likely N-dealkylation sites (tertiary alicyclic amines) is 2. The highest BCUT2D eigenvalue weighted by atomic mass is 16.6. The molecule has 3 saturated heterocycles. The second kappa shape index (κ2) is 10.2. The zero-order valence-corrected chi connectivity index (χ0v) is 18.8. The quantitative estimate of drug-likeness (QED) is 0.524. The van der Waals surface area contributed by atoms with Crippen LogP contribution in [0.1, 0.15) is 43.5 Å². The van der Waals surface area contributed by atoms with Crippen molar-refractivity contribution in [3.05, 3.63) is 27.9 Å². The summed E-state index contributed by atoms with van der Waals surface area (Å²) < 4.78 is 7.13. The number of aromatic nitrogens is 2. The van der Waals surface area contributed by atoms with E-state index < -0.39 is 11.1 Å². The summed E-state index contributed by atoms with van der Waals surface area (Å²) in [6.07, 6.45) is 4.44. The normalized spacial score (nSPS) is 22.4.